The third kappa shape index (κ3) is 4.19. The Hall–Kier alpha value is -1.85. The van der Waals surface area contributed by atoms with Gasteiger partial charge in [-0.05, 0) is 24.5 Å². The summed E-state index contributed by atoms with van der Waals surface area (Å²) in [5.41, 5.74) is 3.65. The van der Waals surface area contributed by atoms with Gasteiger partial charge in [0.1, 0.15) is 11.3 Å². The van der Waals surface area contributed by atoms with Crippen LogP contribution in [0.4, 0.5) is 0 Å². The minimum atomic E-state index is 0. The number of hydrogen-bond acceptors (Lipinski definition) is 3. The van der Waals surface area contributed by atoms with E-state index in [2.05, 4.69) is 23.8 Å². The van der Waals surface area contributed by atoms with Crippen molar-refractivity contribution in [2.45, 2.75) is 58.0 Å². The van der Waals surface area contributed by atoms with Gasteiger partial charge in [-0.15, -0.1) is 12.4 Å². The average molecular weight is 406 g/mol. The van der Waals surface area contributed by atoms with Crippen molar-refractivity contribution in [2.75, 3.05) is 0 Å². The Kier molecular flexibility index (Phi) is 6.22. The average Bonchev–Trinajstić information content (AvgIpc) is 3.28. The molecule has 0 bridgehead atoms. The molecular weight excluding hydrogens is 381 g/mol. The van der Waals surface area contributed by atoms with E-state index in [-0.39, 0.29) is 12.4 Å². The van der Waals surface area contributed by atoms with Crippen LogP contribution in [0.25, 0.3) is 11.2 Å². The summed E-state index contributed by atoms with van der Waals surface area (Å²) in [6, 6.07) is 8.28. The minimum absolute atomic E-state index is 0. The first-order chi connectivity index (χ1) is 12.6. The second-order valence-corrected chi connectivity index (χ2v) is 7.74. The second kappa shape index (κ2) is 8.44. The molecule has 3 aromatic rings. The fraction of sp³-hybridized carbons (Fsp3) is 0.450. The van der Waals surface area contributed by atoms with Crippen LogP contribution in [-0.4, -0.2) is 25.6 Å². The lowest BCUT2D eigenvalue weighted by Crippen LogP contribution is -2.17. The van der Waals surface area contributed by atoms with Crippen LogP contribution in [0.2, 0.25) is 5.02 Å². The van der Waals surface area contributed by atoms with Gasteiger partial charge in [-0.3, -0.25) is 4.99 Å². The zero-order valence-electron chi connectivity index (χ0n) is 15.7. The fourth-order valence-electron chi connectivity index (χ4n) is 3.49. The zero-order valence-corrected chi connectivity index (χ0v) is 17.2. The van der Waals surface area contributed by atoms with E-state index >= 15 is 0 Å². The quantitative estimate of drug-likeness (QED) is 0.674. The molecule has 0 amide bonds. The lowest BCUT2D eigenvalue weighted by atomic mass is 10.2. The molecule has 27 heavy (non-hydrogen) atoms. The molecule has 0 unspecified atom stereocenters. The summed E-state index contributed by atoms with van der Waals surface area (Å²) in [6.45, 7) is 4.91. The van der Waals surface area contributed by atoms with Crippen molar-refractivity contribution in [1.82, 2.24) is 19.5 Å². The highest BCUT2D eigenvalue weighted by Crippen LogP contribution is 2.22. The standard InChI is InChI=1S/C20H24ClN5.ClH/c1-13(2)18-24-17-19(23-15-8-4-5-9-15)22-12-26(20(17)25-18)11-14-7-3-6-10-16(14)21;/h3,6-7,10,12-13,15H,4-5,8-9,11H2,1-2H3,(H,24,25);1H. The molecule has 0 saturated heterocycles. The maximum atomic E-state index is 6.35. The Morgan fingerprint density at radius 1 is 1.26 bits per heavy atom. The van der Waals surface area contributed by atoms with Gasteiger partial charge in [0.2, 0.25) is 0 Å². The molecule has 7 heteroatoms. The van der Waals surface area contributed by atoms with E-state index in [1.54, 1.807) is 0 Å². The summed E-state index contributed by atoms with van der Waals surface area (Å²) in [4.78, 5) is 17.8. The molecule has 0 radical (unpaired) electrons. The first-order valence-electron chi connectivity index (χ1n) is 9.34. The van der Waals surface area contributed by atoms with E-state index in [1.165, 1.54) is 12.8 Å². The van der Waals surface area contributed by atoms with Crippen molar-refractivity contribution in [3.63, 3.8) is 0 Å². The van der Waals surface area contributed by atoms with Crippen LogP contribution >= 0.6 is 24.0 Å². The minimum Gasteiger partial charge on any atom is -0.337 e. The normalized spacial score (nSPS) is 15.6. The van der Waals surface area contributed by atoms with Gasteiger partial charge in [0.15, 0.2) is 11.1 Å². The van der Waals surface area contributed by atoms with Crippen molar-refractivity contribution in [2.24, 2.45) is 4.99 Å². The smallest absolute Gasteiger partial charge is 0.176 e. The molecule has 0 aliphatic heterocycles. The Balaban J connectivity index is 0.00000210. The molecule has 1 aliphatic rings. The molecule has 1 aromatic carbocycles. The van der Waals surface area contributed by atoms with E-state index in [4.69, 9.17) is 21.6 Å². The number of hydrogen-bond donors (Lipinski definition) is 1. The molecule has 2 aromatic heterocycles. The predicted molar refractivity (Wildman–Crippen MR) is 112 cm³/mol. The summed E-state index contributed by atoms with van der Waals surface area (Å²) in [5.74, 6) is 1.28. The maximum Gasteiger partial charge on any atom is 0.176 e. The number of nitrogens with one attached hydrogen (secondary N) is 1. The number of halogens is 2. The zero-order chi connectivity index (χ0) is 18.1. The van der Waals surface area contributed by atoms with Crippen molar-refractivity contribution < 1.29 is 0 Å². The van der Waals surface area contributed by atoms with E-state index in [1.807, 2.05) is 35.2 Å². The Labute approximate surface area is 170 Å². The van der Waals surface area contributed by atoms with E-state index < -0.39 is 0 Å². The van der Waals surface area contributed by atoms with Crippen LogP contribution < -0.4 is 5.49 Å². The number of rotatable bonds is 4. The van der Waals surface area contributed by atoms with Crippen LogP contribution in [0.5, 0.6) is 0 Å². The molecule has 4 rings (SSSR count). The van der Waals surface area contributed by atoms with Crippen LogP contribution in [0, 0.1) is 0 Å². The predicted octanol–water partition coefficient (Wildman–Crippen LogP) is 4.85. The first-order valence-corrected chi connectivity index (χ1v) is 9.72. The highest BCUT2D eigenvalue weighted by molar-refractivity contribution is 6.31. The number of H-pyrrole nitrogens is 1. The lowest BCUT2D eigenvalue weighted by molar-refractivity contribution is 0.676. The number of aromatic nitrogens is 4. The SMILES string of the molecule is CC(C)c1nc2c([nH]1)c(=NC1CCCC1)ncn2Cc1ccccc1Cl.Cl. The van der Waals surface area contributed by atoms with Gasteiger partial charge in [0.05, 0.1) is 18.9 Å². The van der Waals surface area contributed by atoms with Crippen molar-refractivity contribution in [3.8, 4) is 0 Å². The van der Waals surface area contributed by atoms with Gasteiger partial charge >= 0.3 is 0 Å². The maximum absolute atomic E-state index is 6.35. The van der Waals surface area contributed by atoms with Gasteiger partial charge in [0.25, 0.3) is 0 Å². The second-order valence-electron chi connectivity index (χ2n) is 7.33. The molecule has 1 N–H and O–H groups in total. The van der Waals surface area contributed by atoms with Gasteiger partial charge in [-0.1, -0.05) is 56.5 Å². The third-order valence-electron chi connectivity index (χ3n) is 4.99. The Bertz CT molecular complexity index is 983. The molecule has 144 valence electrons. The van der Waals surface area contributed by atoms with E-state index in [9.17, 15) is 0 Å². The number of nitrogens with zero attached hydrogens (tertiary/aromatic N) is 4. The number of benzene rings is 1. The highest BCUT2D eigenvalue weighted by Gasteiger charge is 2.16. The van der Waals surface area contributed by atoms with Crippen molar-refractivity contribution >= 4 is 35.2 Å². The number of imidazole rings is 1. The summed E-state index contributed by atoms with van der Waals surface area (Å²) in [5, 5.41) is 0.757. The van der Waals surface area contributed by atoms with Crippen LogP contribution in [0.3, 0.4) is 0 Å². The summed E-state index contributed by atoms with van der Waals surface area (Å²) in [7, 11) is 0. The topological polar surface area (TPSA) is 58.9 Å². The van der Waals surface area contributed by atoms with Crippen LogP contribution in [-0.2, 0) is 6.54 Å². The summed E-state index contributed by atoms with van der Waals surface area (Å²) < 4.78 is 2.05. The molecule has 0 atom stereocenters. The first kappa shape index (κ1) is 19.9. The van der Waals surface area contributed by atoms with Gasteiger partial charge in [-0.2, -0.15) is 0 Å². The number of aromatic amines is 1. The number of fused-ring (bicyclic) bond motifs is 1. The molecule has 5 nitrogen and oxygen atoms in total. The van der Waals surface area contributed by atoms with Crippen molar-refractivity contribution in [1.29, 1.82) is 0 Å². The summed E-state index contributed by atoms with van der Waals surface area (Å²) in [6.07, 6.45) is 6.67. The van der Waals surface area contributed by atoms with E-state index in [0.29, 0.717) is 18.5 Å². The van der Waals surface area contributed by atoms with E-state index in [0.717, 1.165) is 45.9 Å². The Morgan fingerprint density at radius 2 is 2.00 bits per heavy atom. The summed E-state index contributed by atoms with van der Waals surface area (Å²) >= 11 is 6.35. The Morgan fingerprint density at radius 3 is 2.70 bits per heavy atom. The molecule has 1 fully saturated rings. The monoisotopic (exact) mass is 405 g/mol. The lowest BCUT2D eigenvalue weighted by Gasteiger charge is -2.09. The van der Waals surface area contributed by atoms with Crippen LogP contribution in [0.15, 0.2) is 35.6 Å². The molecule has 1 saturated carbocycles. The largest absolute Gasteiger partial charge is 0.337 e. The van der Waals surface area contributed by atoms with Crippen LogP contribution in [0.1, 0.15) is 56.8 Å². The third-order valence-corrected chi connectivity index (χ3v) is 5.36. The fourth-order valence-corrected chi connectivity index (χ4v) is 3.69. The van der Waals surface area contributed by atoms with Gasteiger partial charge in [0, 0.05) is 10.9 Å². The van der Waals surface area contributed by atoms with Crippen molar-refractivity contribution in [3.05, 3.63) is 52.5 Å². The molecule has 0 spiro atoms. The molecular formula is C20H25Cl2N5. The van der Waals surface area contributed by atoms with Gasteiger partial charge in [-0.25, -0.2) is 9.97 Å². The molecule has 1 aliphatic carbocycles. The van der Waals surface area contributed by atoms with Gasteiger partial charge < -0.3 is 9.55 Å². The molecule has 2 heterocycles. The highest BCUT2D eigenvalue weighted by atomic mass is 35.5.